The number of hydrogen-bond donors (Lipinski definition) is 1. The minimum absolute atomic E-state index is 0.0748. The highest BCUT2D eigenvalue weighted by atomic mass is 32.2. The van der Waals surface area contributed by atoms with E-state index in [9.17, 15) is 9.59 Å². The average Bonchev–Trinajstić information content (AvgIpc) is 3.42. The molecule has 0 bridgehead atoms. The lowest BCUT2D eigenvalue weighted by Gasteiger charge is -2.08. The summed E-state index contributed by atoms with van der Waals surface area (Å²) in [6.45, 7) is 1.91. The van der Waals surface area contributed by atoms with Gasteiger partial charge in [-0.05, 0) is 35.0 Å². The van der Waals surface area contributed by atoms with Crippen LogP contribution in [-0.4, -0.2) is 44.9 Å². The van der Waals surface area contributed by atoms with Crippen molar-refractivity contribution in [2.75, 3.05) is 18.2 Å². The molecule has 0 spiro atoms. The Morgan fingerprint density at radius 2 is 1.78 bits per heavy atom. The minimum Gasteiger partial charge on any atom is -0.465 e. The summed E-state index contributed by atoms with van der Waals surface area (Å²) >= 11 is 2.55. The van der Waals surface area contributed by atoms with Gasteiger partial charge in [0.2, 0.25) is 11.1 Å². The molecule has 2 aromatic carbocycles. The first-order valence-corrected chi connectivity index (χ1v) is 11.4. The highest BCUT2D eigenvalue weighted by Gasteiger charge is 2.25. The molecule has 0 aliphatic carbocycles. The first-order chi connectivity index (χ1) is 15.6. The molecular weight excluding hydrogens is 446 g/mol. The highest BCUT2D eigenvalue weighted by Crippen LogP contribution is 2.40. The number of nitrogens with zero attached hydrogens (tertiary/aromatic N) is 4. The molecule has 1 amide bonds. The Kier molecular flexibility index (Phi) is 6.62. The van der Waals surface area contributed by atoms with Crippen molar-refractivity contribution in [2.24, 2.45) is 0 Å². The lowest BCUT2D eigenvalue weighted by atomic mass is 10.0. The molecule has 0 fully saturated rings. The van der Waals surface area contributed by atoms with Gasteiger partial charge in [-0.2, -0.15) is 4.68 Å². The maximum atomic E-state index is 12.7. The van der Waals surface area contributed by atoms with Crippen molar-refractivity contribution in [3.8, 4) is 16.8 Å². The van der Waals surface area contributed by atoms with Crippen LogP contribution in [0.5, 0.6) is 0 Å². The fraction of sp³-hybridized carbons (Fsp3) is 0.136. The molecule has 1 N–H and O–H groups in total. The average molecular weight is 466 g/mol. The Hall–Kier alpha value is -3.50. The Morgan fingerprint density at radius 3 is 2.47 bits per heavy atom. The molecule has 0 aliphatic rings. The van der Waals surface area contributed by atoms with Gasteiger partial charge in [0, 0.05) is 10.4 Å². The molecule has 0 atom stereocenters. The highest BCUT2D eigenvalue weighted by molar-refractivity contribution is 7.99. The number of aromatic nitrogens is 4. The molecule has 0 aliphatic heterocycles. The molecule has 0 unspecified atom stereocenters. The van der Waals surface area contributed by atoms with Crippen molar-refractivity contribution >= 4 is 40.0 Å². The number of anilines is 1. The largest absolute Gasteiger partial charge is 0.465 e. The van der Waals surface area contributed by atoms with Gasteiger partial charge in [0.05, 0.1) is 18.6 Å². The van der Waals surface area contributed by atoms with E-state index in [0.29, 0.717) is 15.7 Å². The lowest BCUT2D eigenvalue weighted by Crippen LogP contribution is -2.16. The zero-order chi connectivity index (χ0) is 22.5. The van der Waals surface area contributed by atoms with E-state index in [-0.39, 0.29) is 11.7 Å². The number of esters is 1. The molecule has 0 radical (unpaired) electrons. The topological polar surface area (TPSA) is 99.0 Å². The number of carbonyl (C=O) groups is 2. The molecule has 8 nitrogen and oxygen atoms in total. The number of ether oxygens (including phenoxy) is 1. The van der Waals surface area contributed by atoms with Gasteiger partial charge < -0.3 is 10.1 Å². The number of aryl methyl sites for hydroxylation is 1. The third-order valence-electron chi connectivity index (χ3n) is 4.56. The van der Waals surface area contributed by atoms with Gasteiger partial charge in [0.15, 0.2) is 0 Å². The number of rotatable bonds is 7. The second-order valence-corrected chi connectivity index (χ2v) is 8.81. The Balaban J connectivity index is 1.53. The maximum Gasteiger partial charge on any atom is 0.341 e. The number of tetrazole rings is 1. The van der Waals surface area contributed by atoms with Crippen LogP contribution in [-0.2, 0) is 9.53 Å². The number of carbonyl (C=O) groups excluding carboxylic acids is 2. The summed E-state index contributed by atoms with van der Waals surface area (Å²) in [6.07, 6.45) is 0. The fourth-order valence-electron chi connectivity index (χ4n) is 3.17. The second kappa shape index (κ2) is 9.75. The summed E-state index contributed by atoms with van der Waals surface area (Å²) in [5.41, 5.74) is 2.81. The van der Waals surface area contributed by atoms with Gasteiger partial charge in [0.1, 0.15) is 10.6 Å². The molecule has 4 rings (SSSR count). The van der Waals surface area contributed by atoms with Gasteiger partial charge in [0.25, 0.3) is 0 Å². The van der Waals surface area contributed by atoms with Crippen molar-refractivity contribution < 1.29 is 14.3 Å². The normalized spacial score (nSPS) is 10.7. The van der Waals surface area contributed by atoms with E-state index in [0.717, 1.165) is 21.7 Å². The van der Waals surface area contributed by atoms with Gasteiger partial charge in [-0.15, -0.1) is 16.4 Å². The zero-order valence-corrected chi connectivity index (χ0v) is 18.9. The van der Waals surface area contributed by atoms with Crippen LogP contribution >= 0.6 is 23.1 Å². The summed E-state index contributed by atoms with van der Waals surface area (Å²) < 4.78 is 6.57. The van der Waals surface area contributed by atoms with Crippen LogP contribution in [0.2, 0.25) is 0 Å². The summed E-state index contributed by atoms with van der Waals surface area (Å²) in [5, 5.41) is 15.5. The van der Waals surface area contributed by atoms with E-state index in [1.165, 1.54) is 30.2 Å². The van der Waals surface area contributed by atoms with E-state index in [1.807, 2.05) is 67.6 Å². The Morgan fingerprint density at radius 1 is 1.09 bits per heavy atom. The third-order valence-corrected chi connectivity index (χ3v) is 6.50. The van der Waals surface area contributed by atoms with Gasteiger partial charge in [-0.1, -0.05) is 60.3 Å². The SMILES string of the molecule is COC(=O)c1c(NC(=O)CSc2nnnn2-c2ccccc2)sc(C)c1-c1ccccc1. The van der Waals surface area contributed by atoms with Gasteiger partial charge >= 0.3 is 5.97 Å². The molecular formula is C22H19N5O3S2. The standard InChI is InChI=1S/C22H19N5O3S2/c1-14-18(15-9-5-3-6-10-15)19(21(29)30-2)20(32-14)23-17(28)13-31-22-24-25-26-27(22)16-11-7-4-8-12-16/h3-12H,13H2,1-2H3,(H,23,28). The first kappa shape index (κ1) is 21.7. The van der Waals surface area contributed by atoms with E-state index < -0.39 is 5.97 Å². The molecule has 4 aromatic rings. The van der Waals surface area contributed by atoms with Crippen LogP contribution < -0.4 is 5.32 Å². The molecule has 0 saturated heterocycles. The van der Waals surface area contributed by atoms with Gasteiger partial charge in [-0.3, -0.25) is 4.79 Å². The summed E-state index contributed by atoms with van der Waals surface area (Å²) in [5.74, 6) is -0.696. The second-order valence-electron chi connectivity index (χ2n) is 6.64. The number of thioether (sulfide) groups is 1. The van der Waals surface area contributed by atoms with Crippen molar-refractivity contribution in [1.82, 2.24) is 20.2 Å². The lowest BCUT2D eigenvalue weighted by molar-refractivity contribution is -0.113. The number of amides is 1. The van der Waals surface area contributed by atoms with Crippen LogP contribution in [0, 0.1) is 6.92 Å². The Bertz CT molecular complexity index is 1240. The van der Waals surface area contributed by atoms with Crippen LogP contribution in [0.15, 0.2) is 65.8 Å². The molecule has 2 heterocycles. The number of para-hydroxylation sites is 1. The summed E-state index contributed by atoms with van der Waals surface area (Å²) in [7, 11) is 1.33. The van der Waals surface area contributed by atoms with Crippen LogP contribution in [0.25, 0.3) is 16.8 Å². The predicted octanol–water partition coefficient (Wildman–Crippen LogP) is 4.22. The number of nitrogens with one attached hydrogen (secondary N) is 1. The van der Waals surface area contributed by atoms with Crippen molar-refractivity contribution in [2.45, 2.75) is 12.1 Å². The van der Waals surface area contributed by atoms with Crippen molar-refractivity contribution in [3.05, 3.63) is 71.1 Å². The molecule has 0 saturated carbocycles. The van der Waals surface area contributed by atoms with Crippen LogP contribution in [0.1, 0.15) is 15.2 Å². The zero-order valence-electron chi connectivity index (χ0n) is 17.3. The first-order valence-electron chi connectivity index (χ1n) is 9.62. The molecule has 32 heavy (non-hydrogen) atoms. The van der Waals surface area contributed by atoms with Gasteiger partial charge in [-0.25, -0.2) is 4.79 Å². The molecule has 162 valence electrons. The smallest absolute Gasteiger partial charge is 0.341 e. The number of hydrogen-bond acceptors (Lipinski definition) is 8. The van der Waals surface area contributed by atoms with Crippen molar-refractivity contribution in [1.29, 1.82) is 0 Å². The van der Waals surface area contributed by atoms with E-state index in [1.54, 1.807) is 4.68 Å². The molecule has 10 heteroatoms. The molecule has 2 aromatic heterocycles. The number of benzene rings is 2. The summed E-state index contributed by atoms with van der Waals surface area (Å²) in [4.78, 5) is 26.2. The quantitative estimate of drug-likeness (QED) is 0.322. The van der Waals surface area contributed by atoms with Crippen LogP contribution in [0.4, 0.5) is 5.00 Å². The van der Waals surface area contributed by atoms with Crippen LogP contribution in [0.3, 0.4) is 0 Å². The van der Waals surface area contributed by atoms with Crippen molar-refractivity contribution in [3.63, 3.8) is 0 Å². The van der Waals surface area contributed by atoms with E-state index in [2.05, 4.69) is 20.8 Å². The number of thiophene rings is 1. The van der Waals surface area contributed by atoms with E-state index >= 15 is 0 Å². The minimum atomic E-state index is -0.496. The predicted molar refractivity (Wildman–Crippen MR) is 124 cm³/mol. The van der Waals surface area contributed by atoms with E-state index in [4.69, 9.17) is 4.74 Å². The number of methoxy groups -OCH3 is 1. The maximum absolute atomic E-state index is 12.7. The Labute approximate surface area is 192 Å². The fourth-order valence-corrected chi connectivity index (χ4v) is 4.95. The summed E-state index contributed by atoms with van der Waals surface area (Å²) in [6, 6.07) is 19.0. The third kappa shape index (κ3) is 4.56. The monoisotopic (exact) mass is 465 g/mol.